The van der Waals surface area contributed by atoms with E-state index in [1.165, 1.54) is 0 Å². The molecule has 9 heteroatoms. The summed E-state index contributed by atoms with van der Waals surface area (Å²) < 4.78 is 76.8. The highest BCUT2D eigenvalue weighted by Crippen LogP contribution is 2.36. The molecule has 0 aliphatic carbocycles. The van der Waals surface area contributed by atoms with Gasteiger partial charge in [-0.2, -0.15) is 26.3 Å². The summed E-state index contributed by atoms with van der Waals surface area (Å²) in [7, 11) is 0. The summed E-state index contributed by atoms with van der Waals surface area (Å²) in [5.74, 6) is 0. The van der Waals surface area contributed by atoms with E-state index in [4.69, 9.17) is 0 Å². The Kier molecular flexibility index (Phi) is 4.50. The lowest BCUT2D eigenvalue weighted by Gasteiger charge is -2.34. The number of hydrogen-bond donors (Lipinski definition) is 2. The van der Waals surface area contributed by atoms with E-state index in [1.54, 1.807) is 0 Å². The molecule has 18 heavy (non-hydrogen) atoms. The predicted octanol–water partition coefficient (Wildman–Crippen LogP) is 1.61. The van der Waals surface area contributed by atoms with Crippen LogP contribution in [0.2, 0.25) is 0 Å². The molecule has 1 aliphatic rings. The monoisotopic (exact) mass is 281 g/mol. The maximum atomic E-state index is 12.2. The van der Waals surface area contributed by atoms with Crippen molar-refractivity contribution in [1.29, 1.82) is 0 Å². The fraction of sp³-hybridized carbons (Fsp3) is 1.00. The fourth-order valence-electron chi connectivity index (χ4n) is 1.65. The number of aliphatic hydroxyl groups is 1. The molecule has 0 aromatic heterocycles. The fourth-order valence-corrected chi connectivity index (χ4v) is 1.65. The maximum Gasteiger partial charge on any atom is 0.423 e. The van der Waals surface area contributed by atoms with E-state index in [0.717, 1.165) is 0 Å². The lowest BCUT2D eigenvalue weighted by atomic mass is 9.93. The van der Waals surface area contributed by atoms with Crippen LogP contribution in [0.5, 0.6) is 0 Å². The van der Waals surface area contributed by atoms with Crippen LogP contribution in [0.1, 0.15) is 12.8 Å². The number of nitrogens with one attached hydrogen (secondary N) is 1. The summed E-state index contributed by atoms with van der Waals surface area (Å²) in [5, 5.41) is 12.6. The average molecular weight is 281 g/mol. The highest BCUT2D eigenvalue weighted by Gasteiger charge is 2.58. The topological polar surface area (TPSA) is 41.5 Å². The molecule has 0 saturated carbocycles. The van der Waals surface area contributed by atoms with Crippen LogP contribution < -0.4 is 5.32 Å². The van der Waals surface area contributed by atoms with Gasteiger partial charge in [0.05, 0.1) is 12.2 Å². The molecule has 1 heterocycles. The van der Waals surface area contributed by atoms with Crippen molar-refractivity contribution >= 4 is 0 Å². The summed E-state index contributed by atoms with van der Waals surface area (Å²) >= 11 is 0. The second kappa shape index (κ2) is 5.22. The summed E-state index contributed by atoms with van der Waals surface area (Å²) in [6.45, 7) is -0.344. The van der Waals surface area contributed by atoms with Crippen molar-refractivity contribution in [2.24, 2.45) is 0 Å². The van der Waals surface area contributed by atoms with Crippen LogP contribution >= 0.6 is 0 Å². The first-order valence-corrected chi connectivity index (χ1v) is 5.23. The number of halogens is 6. The molecule has 0 bridgehead atoms. The Balaban J connectivity index is 2.62. The van der Waals surface area contributed by atoms with Crippen LogP contribution in [0.25, 0.3) is 0 Å². The van der Waals surface area contributed by atoms with Crippen LogP contribution in [0, 0.1) is 0 Å². The van der Waals surface area contributed by atoms with Crippen molar-refractivity contribution in [3.63, 3.8) is 0 Å². The highest BCUT2D eigenvalue weighted by atomic mass is 19.4. The molecule has 108 valence electrons. The van der Waals surface area contributed by atoms with E-state index in [0.29, 0.717) is 13.1 Å². The van der Waals surface area contributed by atoms with Crippen LogP contribution in [0.3, 0.4) is 0 Å². The summed E-state index contributed by atoms with van der Waals surface area (Å²) in [5.41, 5.74) is -1.64. The molecule has 3 nitrogen and oxygen atoms in total. The zero-order valence-corrected chi connectivity index (χ0v) is 9.24. The molecular weight excluding hydrogens is 268 g/mol. The van der Waals surface area contributed by atoms with E-state index in [1.807, 2.05) is 0 Å². The van der Waals surface area contributed by atoms with Crippen molar-refractivity contribution in [3.05, 3.63) is 0 Å². The van der Waals surface area contributed by atoms with E-state index < -0.39 is 30.7 Å². The molecular formula is C9H13F6NO2. The molecule has 2 N–H and O–H groups in total. The van der Waals surface area contributed by atoms with Gasteiger partial charge in [-0.3, -0.25) is 0 Å². The van der Waals surface area contributed by atoms with Crippen molar-refractivity contribution in [3.8, 4) is 0 Å². The summed E-state index contributed by atoms with van der Waals surface area (Å²) in [6.07, 6.45) is -14.8. The van der Waals surface area contributed by atoms with Gasteiger partial charge in [-0.15, -0.1) is 0 Å². The molecule has 1 saturated heterocycles. The Morgan fingerprint density at radius 1 is 1.06 bits per heavy atom. The van der Waals surface area contributed by atoms with Crippen molar-refractivity contribution in [2.75, 3.05) is 19.7 Å². The van der Waals surface area contributed by atoms with Gasteiger partial charge < -0.3 is 15.2 Å². The van der Waals surface area contributed by atoms with E-state index in [2.05, 4.69) is 10.1 Å². The third-order valence-electron chi connectivity index (χ3n) is 2.65. The molecule has 1 aliphatic heterocycles. The van der Waals surface area contributed by atoms with Gasteiger partial charge in [0.15, 0.2) is 0 Å². The van der Waals surface area contributed by atoms with Gasteiger partial charge in [-0.05, 0) is 25.9 Å². The minimum absolute atomic E-state index is 0.0510. The summed E-state index contributed by atoms with van der Waals surface area (Å²) in [4.78, 5) is 0. The number of ether oxygens (including phenoxy) is 1. The van der Waals surface area contributed by atoms with Gasteiger partial charge in [0.25, 0.3) is 0 Å². The second-order valence-electron chi connectivity index (χ2n) is 4.25. The third kappa shape index (κ3) is 4.29. The molecule has 0 amide bonds. The molecule has 0 atom stereocenters. The van der Waals surface area contributed by atoms with Crippen LogP contribution in [0.4, 0.5) is 26.3 Å². The number of piperidine rings is 1. The third-order valence-corrected chi connectivity index (χ3v) is 2.65. The molecule has 1 fully saturated rings. The molecule has 1 rings (SSSR count). The van der Waals surface area contributed by atoms with Crippen molar-refractivity contribution in [2.45, 2.75) is 36.9 Å². The minimum atomic E-state index is -5.54. The maximum absolute atomic E-state index is 12.2. The van der Waals surface area contributed by atoms with Crippen molar-refractivity contribution in [1.82, 2.24) is 5.32 Å². The Bertz CT molecular complexity index is 257. The minimum Gasteiger partial charge on any atom is -0.387 e. The van der Waals surface area contributed by atoms with Crippen LogP contribution in [-0.2, 0) is 4.74 Å². The summed E-state index contributed by atoms with van der Waals surface area (Å²) in [6, 6.07) is 0. The second-order valence-corrected chi connectivity index (χ2v) is 4.25. The Hall–Kier alpha value is -0.540. The zero-order valence-electron chi connectivity index (χ0n) is 9.24. The smallest absolute Gasteiger partial charge is 0.387 e. The van der Waals surface area contributed by atoms with Crippen molar-refractivity contribution < 1.29 is 36.2 Å². The zero-order chi connectivity index (χ0) is 14.0. The standard InChI is InChI=1S/C9H13F6NO2/c10-8(11,12)6(9(13,14)15)18-5-7(17)1-3-16-4-2-7/h6,16-17H,1-5H2. The van der Waals surface area contributed by atoms with E-state index in [9.17, 15) is 31.4 Å². The largest absolute Gasteiger partial charge is 0.423 e. The van der Waals surface area contributed by atoms with Gasteiger partial charge in [0.2, 0.25) is 6.10 Å². The van der Waals surface area contributed by atoms with Gasteiger partial charge in [0.1, 0.15) is 0 Å². The predicted molar refractivity (Wildman–Crippen MR) is 48.9 cm³/mol. The lowest BCUT2D eigenvalue weighted by Crippen LogP contribution is -2.50. The Morgan fingerprint density at radius 3 is 1.89 bits per heavy atom. The quantitative estimate of drug-likeness (QED) is 0.772. The van der Waals surface area contributed by atoms with E-state index in [-0.39, 0.29) is 12.8 Å². The molecule has 0 aromatic carbocycles. The average Bonchev–Trinajstić information content (AvgIpc) is 2.14. The molecule has 0 spiro atoms. The van der Waals surface area contributed by atoms with Gasteiger partial charge in [-0.25, -0.2) is 0 Å². The first-order chi connectivity index (χ1) is 8.05. The Labute approximate surface area is 99.1 Å². The Morgan fingerprint density at radius 2 is 1.50 bits per heavy atom. The van der Waals surface area contributed by atoms with Crippen LogP contribution in [-0.4, -0.2) is 48.9 Å². The van der Waals surface area contributed by atoms with Gasteiger partial charge >= 0.3 is 12.4 Å². The molecule has 0 aromatic rings. The molecule has 0 unspecified atom stereocenters. The highest BCUT2D eigenvalue weighted by molar-refractivity contribution is 4.86. The number of alkyl halides is 6. The number of hydrogen-bond acceptors (Lipinski definition) is 3. The first kappa shape index (κ1) is 15.5. The van der Waals surface area contributed by atoms with E-state index >= 15 is 0 Å². The molecule has 0 radical (unpaired) electrons. The normalized spacial score (nSPS) is 21.3. The first-order valence-electron chi connectivity index (χ1n) is 5.23. The van der Waals surface area contributed by atoms with Gasteiger partial charge in [-0.1, -0.05) is 0 Å². The SMILES string of the molecule is OC1(COC(C(F)(F)F)C(F)(F)F)CCNCC1. The number of rotatable bonds is 3. The van der Waals surface area contributed by atoms with Crippen LogP contribution in [0.15, 0.2) is 0 Å². The van der Waals surface area contributed by atoms with Gasteiger partial charge in [0, 0.05) is 0 Å². The lowest BCUT2D eigenvalue weighted by molar-refractivity contribution is -0.328.